The summed E-state index contributed by atoms with van der Waals surface area (Å²) >= 11 is 7.15. The summed E-state index contributed by atoms with van der Waals surface area (Å²) in [6, 6.07) is 6.82. The van der Waals surface area contributed by atoms with Crippen LogP contribution in [0.5, 0.6) is 0 Å². The van der Waals surface area contributed by atoms with Gasteiger partial charge in [0, 0.05) is 42.9 Å². The van der Waals surface area contributed by atoms with Crippen molar-refractivity contribution in [2.45, 2.75) is 37.7 Å². The number of hydrogen-bond acceptors (Lipinski definition) is 6. The number of urea groups is 1. The summed E-state index contributed by atoms with van der Waals surface area (Å²) in [5.41, 5.74) is 0.646. The molecule has 0 saturated carbocycles. The molecule has 160 valence electrons. The summed E-state index contributed by atoms with van der Waals surface area (Å²) in [5.74, 6) is -0.218. The second kappa shape index (κ2) is 9.72. The lowest BCUT2D eigenvalue weighted by Gasteiger charge is -2.31. The number of nitrogens with one attached hydrogen (secondary N) is 2. The largest absolute Gasteiger partial charge is 0.376 e. The number of carbonyl (C=O) groups is 2. The number of likely N-dealkylation sites (tertiary alicyclic amines) is 1. The van der Waals surface area contributed by atoms with Crippen molar-refractivity contribution >= 4 is 40.6 Å². The maximum atomic E-state index is 12.5. The van der Waals surface area contributed by atoms with Crippen LogP contribution in [0.3, 0.4) is 0 Å². The topological polar surface area (TPSA) is 96.5 Å². The van der Waals surface area contributed by atoms with Gasteiger partial charge in [0.25, 0.3) is 5.91 Å². The Morgan fingerprint density at radius 3 is 2.80 bits per heavy atom. The van der Waals surface area contributed by atoms with Crippen molar-refractivity contribution in [3.8, 4) is 0 Å². The lowest BCUT2D eigenvalue weighted by molar-refractivity contribution is 0.102. The van der Waals surface area contributed by atoms with Crippen LogP contribution in [0.2, 0.25) is 5.02 Å². The molecule has 8 nitrogen and oxygen atoms in total. The van der Waals surface area contributed by atoms with E-state index in [1.54, 1.807) is 24.3 Å². The Bertz CT molecular complexity index is 885. The van der Waals surface area contributed by atoms with Gasteiger partial charge in [0.1, 0.15) is 5.01 Å². The predicted molar refractivity (Wildman–Crippen MR) is 115 cm³/mol. The highest BCUT2D eigenvalue weighted by atomic mass is 35.5. The predicted octanol–water partition coefficient (Wildman–Crippen LogP) is 3.51. The van der Waals surface area contributed by atoms with E-state index in [-0.39, 0.29) is 24.0 Å². The van der Waals surface area contributed by atoms with E-state index in [0.29, 0.717) is 28.8 Å². The van der Waals surface area contributed by atoms with Crippen LogP contribution >= 0.6 is 22.9 Å². The Kier molecular flexibility index (Phi) is 6.81. The van der Waals surface area contributed by atoms with Gasteiger partial charge < -0.3 is 20.3 Å². The minimum atomic E-state index is -0.303. The number of hydrogen-bond donors (Lipinski definition) is 2. The summed E-state index contributed by atoms with van der Waals surface area (Å²) in [6.07, 6.45) is 3.98. The molecule has 0 bridgehead atoms. The van der Waals surface area contributed by atoms with Crippen LogP contribution in [0.1, 0.15) is 46.4 Å². The summed E-state index contributed by atoms with van der Waals surface area (Å²) in [5, 5.41) is 15.8. The average Bonchev–Trinajstić information content (AvgIpc) is 3.46. The normalized spacial score (nSPS) is 21.4. The number of benzene rings is 1. The van der Waals surface area contributed by atoms with Crippen LogP contribution in [0, 0.1) is 0 Å². The van der Waals surface area contributed by atoms with E-state index in [1.165, 1.54) is 11.3 Å². The fraction of sp³-hybridized carbons (Fsp3) is 0.500. The van der Waals surface area contributed by atoms with Crippen LogP contribution in [0.25, 0.3) is 0 Å². The summed E-state index contributed by atoms with van der Waals surface area (Å²) in [7, 11) is 0. The summed E-state index contributed by atoms with van der Waals surface area (Å²) < 4.78 is 5.56. The molecular formula is C20H24ClN5O3S. The van der Waals surface area contributed by atoms with E-state index < -0.39 is 0 Å². The number of halogens is 1. The van der Waals surface area contributed by atoms with Gasteiger partial charge in [0.05, 0.1) is 6.10 Å². The molecule has 3 heterocycles. The van der Waals surface area contributed by atoms with Crippen molar-refractivity contribution in [2.75, 3.05) is 31.6 Å². The number of carbonyl (C=O) groups excluding carboxylic acids is 2. The highest BCUT2D eigenvalue weighted by molar-refractivity contribution is 7.13. The zero-order chi connectivity index (χ0) is 20.9. The molecule has 4 rings (SSSR count). The van der Waals surface area contributed by atoms with Crippen LogP contribution < -0.4 is 10.6 Å². The minimum absolute atomic E-state index is 0.0691. The van der Waals surface area contributed by atoms with Gasteiger partial charge in [-0.3, -0.25) is 4.79 Å². The number of amides is 3. The molecule has 1 aromatic heterocycles. The molecule has 0 radical (unpaired) electrons. The first kappa shape index (κ1) is 21.0. The van der Waals surface area contributed by atoms with Crippen LogP contribution in [0.15, 0.2) is 24.3 Å². The van der Waals surface area contributed by atoms with Crippen LogP contribution in [-0.4, -0.2) is 59.4 Å². The van der Waals surface area contributed by atoms with E-state index in [0.717, 1.165) is 43.8 Å². The first-order valence-electron chi connectivity index (χ1n) is 10.1. The average molecular weight is 450 g/mol. The third-order valence-electron chi connectivity index (χ3n) is 5.30. The fourth-order valence-electron chi connectivity index (χ4n) is 3.69. The van der Waals surface area contributed by atoms with Gasteiger partial charge in [-0.05, 0) is 49.9 Å². The van der Waals surface area contributed by atoms with E-state index in [2.05, 4.69) is 20.8 Å². The standard InChI is InChI=1S/C20H24ClN5O3S/c21-14-5-7-15(8-6-14)23-17(27)19-25-24-18(30-19)13-3-1-9-26(12-13)20(28)22-11-16-4-2-10-29-16/h5-8,13,16H,1-4,9-12H2,(H,22,28)(H,23,27)/t13-,16+/m0/s1. The highest BCUT2D eigenvalue weighted by Gasteiger charge is 2.28. The van der Waals surface area contributed by atoms with Crippen molar-refractivity contribution in [3.63, 3.8) is 0 Å². The molecule has 2 aliphatic rings. The second-order valence-electron chi connectivity index (χ2n) is 7.51. The lowest BCUT2D eigenvalue weighted by Crippen LogP contribution is -2.46. The molecule has 2 saturated heterocycles. The highest BCUT2D eigenvalue weighted by Crippen LogP contribution is 2.29. The van der Waals surface area contributed by atoms with E-state index >= 15 is 0 Å². The number of piperidine rings is 1. The summed E-state index contributed by atoms with van der Waals surface area (Å²) in [6.45, 7) is 2.62. The third-order valence-corrected chi connectivity index (χ3v) is 6.64. The van der Waals surface area contributed by atoms with Crippen LogP contribution in [-0.2, 0) is 4.74 Å². The SMILES string of the molecule is O=C(Nc1ccc(Cl)cc1)c1nnc([C@H]2CCCN(C(=O)NC[C@H]3CCCO3)C2)s1. The van der Waals surface area contributed by atoms with Gasteiger partial charge in [-0.25, -0.2) is 4.79 Å². The fourth-order valence-corrected chi connectivity index (χ4v) is 4.68. The Balaban J connectivity index is 1.32. The monoisotopic (exact) mass is 449 g/mol. The molecule has 2 atom stereocenters. The Morgan fingerprint density at radius 2 is 2.03 bits per heavy atom. The number of rotatable bonds is 5. The van der Waals surface area contributed by atoms with Gasteiger partial charge in [0.2, 0.25) is 5.01 Å². The lowest BCUT2D eigenvalue weighted by atomic mass is 9.99. The molecule has 0 unspecified atom stereocenters. The zero-order valence-electron chi connectivity index (χ0n) is 16.5. The maximum Gasteiger partial charge on any atom is 0.317 e. The quantitative estimate of drug-likeness (QED) is 0.728. The summed E-state index contributed by atoms with van der Waals surface area (Å²) in [4.78, 5) is 26.8. The van der Waals surface area contributed by atoms with E-state index in [1.807, 2.05) is 4.90 Å². The molecule has 1 aromatic carbocycles. The minimum Gasteiger partial charge on any atom is -0.376 e. The molecule has 2 aromatic rings. The molecule has 3 amide bonds. The maximum absolute atomic E-state index is 12.5. The van der Waals surface area contributed by atoms with E-state index in [9.17, 15) is 9.59 Å². The molecule has 2 N–H and O–H groups in total. The van der Waals surface area contributed by atoms with Crippen molar-refractivity contribution in [1.82, 2.24) is 20.4 Å². The first-order chi connectivity index (χ1) is 14.6. The van der Waals surface area contributed by atoms with Gasteiger partial charge in [-0.2, -0.15) is 0 Å². The van der Waals surface area contributed by atoms with Gasteiger partial charge in [-0.1, -0.05) is 22.9 Å². The number of aromatic nitrogens is 2. The van der Waals surface area contributed by atoms with Gasteiger partial charge >= 0.3 is 6.03 Å². The molecular weight excluding hydrogens is 426 g/mol. The van der Waals surface area contributed by atoms with Gasteiger partial charge in [0.15, 0.2) is 0 Å². The number of anilines is 1. The molecule has 2 aliphatic heterocycles. The Morgan fingerprint density at radius 1 is 1.20 bits per heavy atom. The van der Waals surface area contributed by atoms with Crippen molar-refractivity contribution in [2.24, 2.45) is 0 Å². The molecule has 0 spiro atoms. The number of ether oxygens (including phenoxy) is 1. The van der Waals surface area contributed by atoms with Crippen molar-refractivity contribution in [1.29, 1.82) is 0 Å². The first-order valence-corrected chi connectivity index (χ1v) is 11.3. The Hall–Kier alpha value is -2.23. The third kappa shape index (κ3) is 5.27. The van der Waals surface area contributed by atoms with Crippen molar-refractivity contribution in [3.05, 3.63) is 39.3 Å². The molecule has 30 heavy (non-hydrogen) atoms. The molecule has 0 aliphatic carbocycles. The van der Waals surface area contributed by atoms with Crippen LogP contribution in [0.4, 0.5) is 10.5 Å². The zero-order valence-corrected chi connectivity index (χ0v) is 18.0. The number of nitrogens with zero attached hydrogens (tertiary/aromatic N) is 3. The van der Waals surface area contributed by atoms with Gasteiger partial charge in [-0.15, -0.1) is 10.2 Å². The second-order valence-corrected chi connectivity index (χ2v) is 8.96. The smallest absolute Gasteiger partial charge is 0.317 e. The van der Waals surface area contributed by atoms with Crippen molar-refractivity contribution < 1.29 is 14.3 Å². The molecule has 2 fully saturated rings. The molecule has 10 heteroatoms. The van der Waals surface area contributed by atoms with E-state index in [4.69, 9.17) is 16.3 Å². The Labute approximate surface area is 184 Å².